The van der Waals surface area contributed by atoms with Crippen LogP contribution in [0.5, 0.6) is 5.75 Å². The van der Waals surface area contributed by atoms with E-state index in [4.69, 9.17) is 4.74 Å². The van der Waals surface area contributed by atoms with Crippen LogP contribution in [0.2, 0.25) is 0 Å². The molecule has 0 radical (unpaired) electrons. The maximum absolute atomic E-state index is 14.4. The number of nitrogens with zero attached hydrogens (tertiary/aromatic N) is 2. The number of ether oxygens (including phenoxy) is 1. The van der Waals surface area contributed by atoms with E-state index in [0.717, 1.165) is 6.26 Å². The van der Waals surface area contributed by atoms with Gasteiger partial charge in [0.1, 0.15) is 17.4 Å². The number of hydrogen-bond acceptors (Lipinski definition) is 5. The van der Waals surface area contributed by atoms with Crippen LogP contribution in [0.4, 0.5) is 4.39 Å². The molecule has 1 amide bonds. The molecule has 0 aliphatic carbocycles. The second kappa shape index (κ2) is 9.74. The summed E-state index contributed by atoms with van der Waals surface area (Å²) in [7, 11) is -3.24. The standard InChI is InChI=1S/C22H24FN3O4S/c1-16-24-11-12-26(16)21-10-5-17(14-20(21)23)15-25-22(27)4-3-13-30-18-6-8-19(9-7-18)31(2,28)29/h5-12,14H,3-4,13,15H2,1-2H3,(H,25,27). The third-order valence-electron chi connectivity index (χ3n) is 4.66. The van der Waals surface area contributed by atoms with Crippen molar-refractivity contribution < 1.29 is 22.3 Å². The molecule has 0 bridgehead atoms. The fourth-order valence-electron chi connectivity index (χ4n) is 2.98. The third-order valence-corrected chi connectivity index (χ3v) is 5.78. The van der Waals surface area contributed by atoms with Gasteiger partial charge in [0.25, 0.3) is 0 Å². The molecule has 1 N–H and O–H groups in total. The molecule has 3 rings (SSSR count). The summed E-state index contributed by atoms with van der Waals surface area (Å²) in [5.41, 5.74) is 1.07. The normalized spacial score (nSPS) is 11.3. The first-order valence-electron chi connectivity index (χ1n) is 9.72. The number of sulfone groups is 1. The van der Waals surface area contributed by atoms with Gasteiger partial charge in [0.15, 0.2) is 9.84 Å². The number of hydrogen-bond donors (Lipinski definition) is 1. The van der Waals surface area contributed by atoms with Crippen LogP contribution in [-0.2, 0) is 21.2 Å². The van der Waals surface area contributed by atoms with Crippen LogP contribution in [0.1, 0.15) is 24.2 Å². The molecule has 1 heterocycles. The van der Waals surface area contributed by atoms with Gasteiger partial charge in [-0.2, -0.15) is 0 Å². The predicted molar refractivity (Wildman–Crippen MR) is 114 cm³/mol. The lowest BCUT2D eigenvalue weighted by Crippen LogP contribution is -2.23. The second-order valence-corrected chi connectivity index (χ2v) is 9.12. The number of carbonyl (C=O) groups excluding carboxylic acids is 1. The van der Waals surface area contributed by atoms with E-state index in [2.05, 4.69) is 10.3 Å². The minimum atomic E-state index is -3.24. The molecule has 3 aromatic rings. The molecule has 9 heteroatoms. The molecule has 0 saturated carbocycles. The first-order chi connectivity index (χ1) is 14.7. The first kappa shape index (κ1) is 22.5. The zero-order chi connectivity index (χ0) is 22.4. The summed E-state index contributed by atoms with van der Waals surface area (Å²) in [6, 6.07) is 11.0. The minimum absolute atomic E-state index is 0.161. The van der Waals surface area contributed by atoms with Crippen LogP contribution in [0, 0.1) is 12.7 Å². The minimum Gasteiger partial charge on any atom is -0.494 e. The van der Waals surface area contributed by atoms with E-state index in [1.54, 1.807) is 48.1 Å². The molecule has 2 aromatic carbocycles. The average Bonchev–Trinajstić information content (AvgIpc) is 3.15. The fraction of sp³-hybridized carbons (Fsp3) is 0.273. The van der Waals surface area contributed by atoms with Gasteiger partial charge in [-0.1, -0.05) is 6.07 Å². The van der Waals surface area contributed by atoms with Crippen LogP contribution < -0.4 is 10.1 Å². The lowest BCUT2D eigenvalue weighted by Gasteiger charge is -2.10. The second-order valence-electron chi connectivity index (χ2n) is 7.10. The number of nitrogens with one attached hydrogen (secondary N) is 1. The van der Waals surface area contributed by atoms with Crippen LogP contribution in [0.15, 0.2) is 59.8 Å². The Morgan fingerprint density at radius 1 is 1.19 bits per heavy atom. The van der Waals surface area contributed by atoms with E-state index in [9.17, 15) is 17.6 Å². The Kier molecular flexibility index (Phi) is 7.06. The van der Waals surface area contributed by atoms with Crippen molar-refractivity contribution in [2.24, 2.45) is 0 Å². The predicted octanol–water partition coefficient (Wildman–Crippen LogP) is 3.20. The Labute approximate surface area is 180 Å². The topological polar surface area (TPSA) is 90.3 Å². The Balaban J connectivity index is 1.41. The molecule has 0 fully saturated rings. The highest BCUT2D eigenvalue weighted by molar-refractivity contribution is 7.90. The zero-order valence-electron chi connectivity index (χ0n) is 17.3. The van der Waals surface area contributed by atoms with Gasteiger partial charge in [0, 0.05) is 31.6 Å². The van der Waals surface area contributed by atoms with E-state index in [1.807, 2.05) is 0 Å². The molecule has 1 aromatic heterocycles. The molecule has 0 unspecified atom stereocenters. The van der Waals surface area contributed by atoms with Gasteiger partial charge in [0.05, 0.1) is 17.2 Å². The number of rotatable bonds is 9. The van der Waals surface area contributed by atoms with Crippen LogP contribution in [0.25, 0.3) is 5.69 Å². The molecule has 0 saturated heterocycles. The molecule has 31 heavy (non-hydrogen) atoms. The van der Waals surface area contributed by atoms with Gasteiger partial charge >= 0.3 is 0 Å². The van der Waals surface area contributed by atoms with E-state index in [0.29, 0.717) is 35.9 Å². The lowest BCUT2D eigenvalue weighted by atomic mass is 10.2. The maximum atomic E-state index is 14.4. The number of aromatic nitrogens is 2. The highest BCUT2D eigenvalue weighted by Crippen LogP contribution is 2.17. The Morgan fingerprint density at radius 3 is 2.55 bits per heavy atom. The number of imidazole rings is 1. The third kappa shape index (κ3) is 6.14. The number of carbonyl (C=O) groups is 1. The van der Waals surface area contributed by atoms with E-state index in [1.165, 1.54) is 18.2 Å². The first-order valence-corrected chi connectivity index (χ1v) is 11.6. The summed E-state index contributed by atoms with van der Waals surface area (Å²) in [6.07, 6.45) is 5.20. The molecule has 0 spiro atoms. The number of aryl methyl sites for hydroxylation is 1. The Bertz CT molecular complexity index is 1160. The highest BCUT2D eigenvalue weighted by Gasteiger charge is 2.09. The SMILES string of the molecule is Cc1nccn1-c1ccc(CNC(=O)CCCOc2ccc(S(C)(=O)=O)cc2)cc1F. The maximum Gasteiger partial charge on any atom is 0.220 e. The lowest BCUT2D eigenvalue weighted by molar-refractivity contribution is -0.121. The van der Waals surface area contributed by atoms with Crippen molar-refractivity contribution in [3.05, 3.63) is 72.1 Å². The van der Waals surface area contributed by atoms with Crippen molar-refractivity contribution in [2.45, 2.75) is 31.2 Å². The van der Waals surface area contributed by atoms with Crippen molar-refractivity contribution in [1.29, 1.82) is 0 Å². The van der Waals surface area contributed by atoms with E-state index < -0.39 is 9.84 Å². The van der Waals surface area contributed by atoms with Gasteiger partial charge < -0.3 is 14.6 Å². The zero-order valence-corrected chi connectivity index (χ0v) is 18.2. The number of halogens is 1. The van der Waals surface area contributed by atoms with E-state index >= 15 is 0 Å². The summed E-state index contributed by atoms with van der Waals surface area (Å²) in [5.74, 6) is 0.680. The van der Waals surface area contributed by atoms with Gasteiger partial charge in [-0.15, -0.1) is 0 Å². The Morgan fingerprint density at radius 2 is 1.94 bits per heavy atom. The summed E-state index contributed by atoms with van der Waals surface area (Å²) in [6.45, 7) is 2.34. The van der Waals surface area contributed by atoms with Crippen LogP contribution in [0.3, 0.4) is 0 Å². The average molecular weight is 446 g/mol. The molecular weight excluding hydrogens is 421 g/mol. The molecule has 0 aliphatic rings. The molecular formula is C22H24FN3O4S. The van der Waals surface area contributed by atoms with Gasteiger partial charge in [0.2, 0.25) is 5.91 Å². The fourth-order valence-corrected chi connectivity index (χ4v) is 3.61. The summed E-state index contributed by atoms with van der Waals surface area (Å²) < 4.78 is 44.5. The van der Waals surface area contributed by atoms with Crippen LogP contribution in [-0.4, -0.2) is 36.7 Å². The largest absolute Gasteiger partial charge is 0.494 e. The summed E-state index contributed by atoms with van der Waals surface area (Å²) >= 11 is 0. The quantitative estimate of drug-likeness (QED) is 0.511. The van der Waals surface area contributed by atoms with Crippen LogP contribution >= 0.6 is 0 Å². The van der Waals surface area contributed by atoms with Crippen molar-refractivity contribution in [2.75, 3.05) is 12.9 Å². The van der Waals surface area contributed by atoms with Crippen molar-refractivity contribution >= 4 is 15.7 Å². The highest BCUT2D eigenvalue weighted by atomic mass is 32.2. The number of benzene rings is 2. The molecule has 0 aliphatic heterocycles. The summed E-state index contributed by atoms with van der Waals surface area (Å²) in [4.78, 5) is 16.3. The number of amides is 1. The van der Waals surface area contributed by atoms with Crippen molar-refractivity contribution in [1.82, 2.24) is 14.9 Å². The van der Waals surface area contributed by atoms with Gasteiger partial charge in [-0.3, -0.25) is 4.79 Å². The summed E-state index contributed by atoms with van der Waals surface area (Å²) in [5, 5.41) is 2.77. The van der Waals surface area contributed by atoms with Gasteiger partial charge in [-0.25, -0.2) is 17.8 Å². The van der Waals surface area contributed by atoms with Gasteiger partial charge in [-0.05, 0) is 55.3 Å². The Hall–Kier alpha value is -3.20. The van der Waals surface area contributed by atoms with Crippen molar-refractivity contribution in [3.8, 4) is 11.4 Å². The molecule has 0 atom stereocenters. The molecule has 7 nitrogen and oxygen atoms in total. The van der Waals surface area contributed by atoms with E-state index in [-0.39, 0.29) is 29.6 Å². The smallest absolute Gasteiger partial charge is 0.220 e. The monoisotopic (exact) mass is 445 g/mol. The molecule has 164 valence electrons. The van der Waals surface area contributed by atoms with Crippen molar-refractivity contribution in [3.63, 3.8) is 0 Å².